The predicted octanol–water partition coefficient (Wildman–Crippen LogP) is -0.476. The number of amides is 2. The van der Waals surface area contributed by atoms with Gasteiger partial charge in [0.15, 0.2) is 0 Å². The quantitative estimate of drug-likeness (QED) is 0.439. The molecule has 8 nitrogen and oxygen atoms in total. The van der Waals surface area contributed by atoms with Gasteiger partial charge in [0, 0.05) is 17.3 Å². The van der Waals surface area contributed by atoms with Crippen molar-refractivity contribution < 1.29 is 24.2 Å². The fourth-order valence-electron chi connectivity index (χ4n) is 2.14. The monoisotopic (exact) mass is 307 g/mol. The van der Waals surface area contributed by atoms with Crippen LogP contribution in [0, 0.1) is 0 Å². The van der Waals surface area contributed by atoms with Crippen molar-refractivity contribution in [2.75, 3.05) is 12.3 Å². The van der Waals surface area contributed by atoms with E-state index in [9.17, 15) is 19.5 Å². The molecule has 0 aliphatic carbocycles. The number of hydrogen-bond acceptors (Lipinski definition) is 6. The molecule has 1 aromatic rings. The third-order valence-electron chi connectivity index (χ3n) is 3.23. The lowest BCUT2D eigenvalue weighted by Crippen LogP contribution is -2.44. The SMILES string of the molecule is CC1OC(=O)CC1NC(=O)CNC(=O)c1cc(N)cc(O)c1. The Hall–Kier alpha value is -2.77. The van der Waals surface area contributed by atoms with Gasteiger partial charge in [-0.1, -0.05) is 0 Å². The van der Waals surface area contributed by atoms with Gasteiger partial charge in [0.1, 0.15) is 11.9 Å². The van der Waals surface area contributed by atoms with Gasteiger partial charge in [-0.3, -0.25) is 14.4 Å². The minimum Gasteiger partial charge on any atom is -0.508 e. The smallest absolute Gasteiger partial charge is 0.308 e. The van der Waals surface area contributed by atoms with Gasteiger partial charge in [-0.05, 0) is 19.1 Å². The Kier molecular flexibility index (Phi) is 4.50. The van der Waals surface area contributed by atoms with E-state index >= 15 is 0 Å². The molecule has 8 heteroatoms. The van der Waals surface area contributed by atoms with E-state index in [1.165, 1.54) is 18.2 Å². The van der Waals surface area contributed by atoms with Crippen LogP contribution in [0.1, 0.15) is 23.7 Å². The lowest BCUT2D eigenvalue weighted by Gasteiger charge is -2.15. The van der Waals surface area contributed by atoms with Gasteiger partial charge in [-0.2, -0.15) is 0 Å². The first kappa shape index (κ1) is 15.6. The molecule has 0 saturated carbocycles. The van der Waals surface area contributed by atoms with Crippen LogP contribution in [0.15, 0.2) is 18.2 Å². The maximum Gasteiger partial charge on any atom is 0.308 e. The molecule has 1 aliphatic heterocycles. The lowest BCUT2D eigenvalue weighted by atomic mass is 10.1. The average Bonchev–Trinajstić information content (AvgIpc) is 2.73. The molecule has 0 aromatic heterocycles. The molecule has 0 radical (unpaired) electrons. The summed E-state index contributed by atoms with van der Waals surface area (Å²) in [7, 11) is 0. The van der Waals surface area contributed by atoms with E-state index in [-0.39, 0.29) is 35.9 Å². The molecule has 5 N–H and O–H groups in total. The number of rotatable bonds is 4. The van der Waals surface area contributed by atoms with Crippen LogP contribution in [0.3, 0.4) is 0 Å². The van der Waals surface area contributed by atoms with E-state index in [1.807, 2.05) is 0 Å². The van der Waals surface area contributed by atoms with Crippen molar-refractivity contribution in [1.29, 1.82) is 0 Å². The van der Waals surface area contributed by atoms with Crippen LogP contribution in [-0.2, 0) is 14.3 Å². The van der Waals surface area contributed by atoms with Gasteiger partial charge in [-0.25, -0.2) is 0 Å². The molecular weight excluding hydrogens is 290 g/mol. The Balaban J connectivity index is 1.85. The number of esters is 1. The second-order valence-corrected chi connectivity index (χ2v) is 5.07. The van der Waals surface area contributed by atoms with Crippen LogP contribution in [0.2, 0.25) is 0 Å². The number of phenolic OH excluding ortho intramolecular Hbond substituents is 1. The first-order valence-corrected chi connectivity index (χ1v) is 6.71. The fraction of sp³-hybridized carbons (Fsp3) is 0.357. The summed E-state index contributed by atoms with van der Waals surface area (Å²) in [5.41, 5.74) is 5.92. The molecule has 118 valence electrons. The second-order valence-electron chi connectivity index (χ2n) is 5.07. The third-order valence-corrected chi connectivity index (χ3v) is 3.23. The summed E-state index contributed by atoms with van der Waals surface area (Å²) in [4.78, 5) is 34.7. The summed E-state index contributed by atoms with van der Waals surface area (Å²) in [6.07, 6.45) is -0.276. The van der Waals surface area contributed by atoms with E-state index in [4.69, 9.17) is 10.5 Å². The van der Waals surface area contributed by atoms with Gasteiger partial charge in [0.2, 0.25) is 5.91 Å². The Morgan fingerprint density at radius 2 is 2.14 bits per heavy atom. The van der Waals surface area contributed by atoms with Crippen molar-refractivity contribution in [3.63, 3.8) is 0 Å². The number of hydrogen-bond donors (Lipinski definition) is 4. The number of carbonyl (C=O) groups excluding carboxylic acids is 3. The highest BCUT2D eigenvalue weighted by Gasteiger charge is 2.32. The average molecular weight is 307 g/mol. The number of ether oxygens (including phenoxy) is 1. The number of cyclic esters (lactones) is 1. The Morgan fingerprint density at radius 1 is 1.41 bits per heavy atom. The molecule has 2 atom stereocenters. The zero-order chi connectivity index (χ0) is 16.3. The Morgan fingerprint density at radius 3 is 2.73 bits per heavy atom. The largest absolute Gasteiger partial charge is 0.508 e. The van der Waals surface area contributed by atoms with E-state index in [0.29, 0.717) is 0 Å². The van der Waals surface area contributed by atoms with Crippen molar-refractivity contribution in [3.8, 4) is 5.75 Å². The number of carbonyl (C=O) groups is 3. The topological polar surface area (TPSA) is 131 Å². The van der Waals surface area contributed by atoms with Crippen molar-refractivity contribution in [3.05, 3.63) is 23.8 Å². The molecule has 1 aromatic carbocycles. The molecule has 1 saturated heterocycles. The van der Waals surface area contributed by atoms with Crippen LogP contribution >= 0.6 is 0 Å². The molecule has 1 aliphatic rings. The van der Waals surface area contributed by atoms with Gasteiger partial charge >= 0.3 is 5.97 Å². The van der Waals surface area contributed by atoms with Gasteiger partial charge in [0.05, 0.1) is 19.0 Å². The molecule has 1 heterocycles. The summed E-state index contributed by atoms with van der Waals surface area (Å²) in [5, 5.41) is 14.4. The standard InChI is InChI=1S/C14H17N3O5/c1-7-11(5-13(20)22-7)17-12(19)6-16-14(21)8-2-9(15)4-10(18)3-8/h2-4,7,11,18H,5-6,15H2,1H3,(H,16,21)(H,17,19). The summed E-state index contributed by atoms with van der Waals surface area (Å²) < 4.78 is 4.91. The van der Waals surface area contributed by atoms with Gasteiger partial charge < -0.3 is 26.2 Å². The lowest BCUT2D eigenvalue weighted by molar-refractivity contribution is -0.141. The Bertz CT molecular complexity index is 596. The number of phenols is 1. The van der Waals surface area contributed by atoms with Crippen molar-refractivity contribution in [2.45, 2.75) is 25.5 Å². The van der Waals surface area contributed by atoms with Crippen LogP contribution < -0.4 is 16.4 Å². The molecule has 1 fully saturated rings. The molecule has 2 amide bonds. The van der Waals surface area contributed by atoms with Crippen molar-refractivity contribution in [2.24, 2.45) is 0 Å². The van der Waals surface area contributed by atoms with Gasteiger partial charge in [-0.15, -0.1) is 0 Å². The second kappa shape index (κ2) is 6.33. The number of anilines is 1. The first-order chi connectivity index (χ1) is 10.3. The zero-order valence-corrected chi connectivity index (χ0v) is 12.0. The molecule has 0 spiro atoms. The van der Waals surface area contributed by atoms with Gasteiger partial charge in [0.25, 0.3) is 5.91 Å². The fourth-order valence-corrected chi connectivity index (χ4v) is 2.14. The first-order valence-electron chi connectivity index (χ1n) is 6.71. The molecule has 22 heavy (non-hydrogen) atoms. The highest BCUT2D eigenvalue weighted by molar-refractivity contribution is 5.97. The number of nitrogen functional groups attached to an aromatic ring is 1. The van der Waals surface area contributed by atoms with E-state index < -0.39 is 24.0 Å². The predicted molar refractivity (Wildman–Crippen MR) is 77.0 cm³/mol. The van der Waals surface area contributed by atoms with E-state index in [1.54, 1.807) is 6.92 Å². The summed E-state index contributed by atoms with van der Waals surface area (Å²) >= 11 is 0. The van der Waals surface area contributed by atoms with E-state index in [2.05, 4.69) is 10.6 Å². The summed E-state index contributed by atoms with van der Waals surface area (Å²) in [6.45, 7) is 1.43. The highest BCUT2D eigenvalue weighted by Crippen LogP contribution is 2.17. The van der Waals surface area contributed by atoms with E-state index in [0.717, 1.165) is 0 Å². The minimum absolute atomic E-state index is 0.115. The summed E-state index contributed by atoms with van der Waals surface area (Å²) in [6, 6.07) is 3.55. The number of aromatic hydroxyl groups is 1. The molecule has 2 unspecified atom stereocenters. The molecular formula is C14H17N3O5. The van der Waals surface area contributed by atoms with Crippen LogP contribution in [0.5, 0.6) is 5.75 Å². The third kappa shape index (κ3) is 3.87. The molecule has 0 bridgehead atoms. The summed E-state index contributed by atoms with van der Waals surface area (Å²) in [5.74, 6) is -1.47. The van der Waals surface area contributed by atoms with Crippen LogP contribution in [0.25, 0.3) is 0 Å². The maximum atomic E-state index is 11.9. The zero-order valence-electron chi connectivity index (χ0n) is 12.0. The number of nitrogens with one attached hydrogen (secondary N) is 2. The van der Waals surface area contributed by atoms with Crippen molar-refractivity contribution >= 4 is 23.5 Å². The normalized spacial score (nSPS) is 20.3. The Labute approximate surface area is 126 Å². The maximum absolute atomic E-state index is 11.9. The number of benzene rings is 1. The van der Waals surface area contributed by atoms with Crippen LogP contribution in [0.4, 0.5) is 5.69 Å². The highest BCUT2D eigenvalue weighted by atomic mass is 16.6. The molecule has 2 rings (SSSR count). The van der Waals surface area contributed by atoms with Crippen LogP contribution in [-0.4, -0.2) is 41.6 Å². The van der Waals surface area contributed by atoms with Crippen molar-refractivity contribution in [1.82, 2.24) is 10.6 Å². The number of nitrogens with two attached hydrogens (primary N) is 1. The minimum atomic E-state index is -0.537.